The first kappa shape index (κ1) is 25.0. The minimum atomic E-state index is -0.538. The van der Waals surface area contributed by atoms with Crippen LogP contribution in [0.3, 0.4) is 0 Å². The van der Waals surface area contributed by atoms with Crippen LogP contribution in [0.25, 0.3) is 0 Å². The van der Waals surface area contributed by atoms with E-state index in [0.29, 0.717) is 36.7 Å². The molecule has 3 aromatic rings. The lowest BCUT2D eigenvalue weighted by atomic mass is 9.74. The van der Waals surface area contributed by atoms with E-state index >= 15 is 0 Å². The van der Waals surface area contributed by atoms with Gasteiger partial charge in [0, 0.05) is 34.8 Å². The average molecular weight is 487 g/mol. The molecule has 0 saturated heterocycles. The van der Waals surface area contributed by atoms with E-state index in [9.17, 15) is 14.4 Å². The van der Waals surface area contributed by atoms with E-state index in [0.717, 1.165) is 17.1 Å². The lowest BCUT2D eigenvalue weighted by Crippen LogP contribution is -2.40. The molecule has 186 valence electrons. The summed E-state index contributed by atoms with van der Waals surface area (Å²) in [6, 6.07) is 16.1. The van der Waals surface area contributed by atoms with Crippen molar-refractivity contribution in [2.75, 3.05) is 16.0 Å². The molecule has 3 N–H and O–H groups in total. The molecular formula is C27H30N6O3. The van der Waals surface area contributed by atoms with Gasteiger partial charge in [-0.15, -0.1) is 0 Å². The molecule has 1 aliphatic carbocycles. The van der Waals surface area contributed by atoms with Gasteiger partial charge in [0.15, 0.2) is 0 Å². The van der Waals surface area contributed by atoms with Crippen molar-refractivity contribution in [2.45, 2.75) is 40.0 Å². The maximum Gasteiger partial charge on any atom is 0.228 e. The number of pyridine rings is 3. The monoisotopic (exact) mass is 486 g/mol. The van der Waals surface area contributed by atoms with Crippen molar-refractivity contribution in [2.24, 2.45) is 17.8 Å². The number of hydrogen-bond donors (Lipinski definition) is 3. The van der Waals surface area contributed by atoms with Gasteiger partial charge in [-0.25, -0.2) is 15.0 Å². The first-order chi connectivity index (χ1) is 17.3. The number of nitrogens with zero attached hydrogens (tertiary/aromatic N) is 3. The highest BCUT2D eigenvalue weighted by Gasteiger charge is 2.39. The zero-order chi connectivity index (χ0) is 25.7. The van der Waals surface area contributed by atoms with Gasteiger partial charge in [0.2, 0.25) is 17.7 Å². The Bertz CT molecular complexity index is 1120. The molecule has 36 heavy (non-hydrogen) atoms. The molecule has 3 aromatic heterocycles. The summed E-state index contributed by atoms with van der Waals surface area (Å²) in [5, 5.41) is 8.54. The van der Waals surface area contributed by atoms with Crippen LogP contribution in [0.15, 0.2) is 54.6 Å². The average Bonchev–Trinajstić information content (AvgIpc) is 2.84. The van der Waals surface area contributed by atoms with Gasteiger partial charge in [0.25, 0.3) is 0 Å². The van der Waals surface area contributed by atoms with Gasteiger partial charge < -0.3 is 16.0 Å². The molecule has 0 atom stereocenters. The summed E-state index contributed by atoms with van der Waals surface area (Å²) in [5.74, 6) is -1.06. The van der Waals surface area contributed by atoms with Crippen molar-refractivity contribution in [3.05, 3.63) is 71.7 Å². The summed E-state index contributed by atoms with van der Waals surface area (Å²) in [6.07, 6.45) is 0.964. The zero-order valence-electron chi connectivity index (χ0n) is 20.6. The Kier molecular flexibility index (Phi) is 7.68. The Balaban J connectivity index is 1.52. The van der Waals surface area contributed by atoms with Crippen LogP contribution in [0.5, 0.6) is 0 Å². The van der Waals surface area contributed by atoms with Crippen LogP contribution in [0.2, 0.25) is 0 Å². The van der Waals surface area contributed by atoms with Crippen LogP contribution in [-0.4, -0.2) is 32.7 Å². The number of amides is 3. The summed E-state index contributed by atoms with van der Waals surface area (Å²) in [6.45, 7) is 5.53. The number of aromatic nitrogens is 3. The molecule has 0 radical (unpaired) electrons. The third-order valence-corrected chi connectivity index (χ3v) is 6.24. The molecule has 4 rings (SSSR count). The van der Waals surface area contributed by atoms with Crippen LogP contribution in [-0.2, 0) is 14.4 Å². The third-order valence-electron chi connectivity index (χ3n) is 6.24. The van der Waals surface area contributed by atoms with Gasteiger partial charge >= 0.3 is 0 Å². The second kappa shape index (κ2) is 11.1. The van der Waals surface area contributed by atoms with Crippen LogP contribution in [0.1, 0.15) is 36.3 Å². The van der Waals surface area contributed by atoms with Crippen molar-refractivity contribution >= 4 is 35.2 Å². The Morgan fingerprint density at radius 3 is 1.08 bits per heavy atom. The third kappa shape index (κ3) is 6.50. The van der Waals surface area contributed by atoms with E-state index in [2.05, 4.69) is 30.9 Å². The Morgan fingerprint density at radius 1 is 0.556 bits per heavy atom. The number of hydrogen-bond acceptors (Lipinski definition) is 6. The van der Waals surface area contributed by atoms with Crippen molar-refractivity contribution in [1.82, 2.24) is 15.0 Å². The second-order valence-corrected chi connectivity index (χ2v) is 9.26. The fraction of sp³-hybridized carbons (Fsp3) is 0.333. The molecule has 9 nitrogen and oxygen atoms in total. The van der Waals surface area contributed by atoms with Crippen molar-refractivity contribution < 1.29 is 14.4 Å². The lowest BCUT2D eigenvalue weighted by molar-refractivity contribution is -0.129. The highest BCUT2D eigenvalue weighted by molar-refractivity contribution is 5.97. The van der Waals surface area contributed by atoms with Crippen LogP contribution in [0, 0.1) is 38.5 Å². The topological polar surface area (TPSA) is 126 Å². The molecule has 1 fully saturated rings. The standard InChI is InChI=1S/C27H30N6O3/c1-16-7-4-10-22(28-16)31-25(34)19-13-20(26(35)32-23-11-5-8-17(2)29-23)15-21(14-19)27(36)33-24-12-6-9-18(3)30-24/h4-12,19-21H,13-15H2,1-3H3,(H,28,31,34)(H,29,32,35)(H,30,33,36). The molecule has 0 bridgehead atoms. The van der Waals surface area contributed by atoms with E-state index in [1.807, 2.05) is 57.2 Å². The van der Waals surface area contributed by atoms with Crippen molar-refractivity contribution in [1.29, 1.82) is 0 Å². The molecule has 0 aromatic carbocycles. The first-order valence-corrected chi connectivity index (χ1v) is 12.0. The number of carbonyl (C=O) groups excluding carboxylic acids is 3. The molecule has 0 aliphatic heterocycles. The molecule has 1 saturated carbocycles. The molecule has 9 heteroatoms. The van der Waals surface area contributed by atoms with Crippen LogP contribution in [0.4, 0.5) is 17.5 Å². The number of rotatable bonds is 6. The maximum atomic E-state index is 13.2. The normalized spacial score (nSPS) is 19.2. The van der Waals surface area contributed by atoms with Gasteiger partial charge in [-0.1, -0.05) is 18.2 Å². The second-order valence-electron chi connectivity index (χ2n) is 9.26. The van der Waals surface area contributed by atoms with E-state index < -0.39 is 17.8 Å². The van der Waals surface area contributed by atoms with Gasteiger partial charge in [-0.3, -0.25) is 14.4 Å². The SMILES string of the molecule is Cc1cccc(NC(=O)C2CC(C(=O)Nc3cccc(C)n3)CC(C(=O)Nc3cccc(C)n3)C2)n1. The minimum absolute atomic E-state index is 0.259. The van der Waals surface area contributed by atoms with Crippen LogP contribution < -0.4 is 16.0 Å². The first-order valence-electron chi connectivity index (χ1n) is 12.0. The summed E-state index contributed by atoms with van der Waals surface area (Å²) in [7, 11) is 0. The molecule has 0 unspecified atom stereocenters. The summed E-state index contributed by atoms with van der Waals surface area (Å²) < 4.78 is 0. The van der Waals surface area contributed by atoms with E-state index in [4.69, 9.17) is 0 Å². The molecule has 0 spiro atoms. The van der Waals surface area contributed by atoms with E-state index in [-0.39, 0.29) is 17.7 Å². The number of aryl methyl sites for hydroxylation is 3. The molecule has 3 amide bonds. The smallest absolute Gasteiger partial charge is 0.228 e. The Morgan fingerprint density at radius 2 is 0.833 bits per heavy atom. The van der Waals surface area contributed by atoms with Crippen molar-refractivity contribution in [3.63, 3.8) is 0 Å². The number of anilines is 3. The quantitative estimate of drug-likeness (QED) is 0.483. The highest BCUT2D eigenvalue weighted by atomic mass is 16.2. The van der Waals surface area contributed by atoms with Gasteiger partial charge in [0.05, 0.1) is 0 Å². The van der Waals surface area contributed by atoms with Crippen LogP contribution >= 0.6 is 0 Å². The summed E-state index contributed by atoms with van der Waals surface area (Å²) in [4.78, 5) is 52.6. The summed E-state index contributed by atoms with van der Waals surface area (Å²) in [5.41, 5.74) is 2.34. The molecule has 3 heterocycles. The lowest BCUT2D eigenvalue weighted by Gasteiger charge is -2.32. The number of nitrogens with one attached hydrogen (secondary N) is 3. The maximum absolute atomic E-state index is 13.2. The van der Waals surface area contributed by atoms with E-state index in [1.165, 1.54) is 0 Å². The Labute approximate surface area is 210 Å². The predicted octanol–water partition coefficient (Wildman–Crippen LogP) is 4.05. The fourth-order valence-corrected chi connectivity index (χ4v) is 4.48. The minimum Gasteiger partial charge on any atom is -0.310 e. The largest absolute Gasteiger partial charge is 0.310 e. The van der Waals surface area contributed by atoms with Gasteiger partial charge in [-0.05, 0) is 76.4 Å². The Hall–Kier alpha value is -4.14. The van der Waals surface area contributed by atoms with Crippen molar-refractivity contribution in [3.8, 4) is 0 Å². The fourth-order valence-electron chi connectivity index (χ4n) is 4.48. The van der Waals surface area contributed by atoms with E-state index in [1.54, 1.807) is 18.2 Å². The molecule has 1 aliphatic rings. The zero-order valence-corrected chi connectivity index (χ0v) is 20.6. The van der Waals surface area contributed by atoms with Gasteiger partial charge in [-0.2, -0.15) is 0 Å². The summed E-state index contributed by atoms with van der Waals surface area (Å²) >= 11 is 0. The highest BCUT2D eigenvalue weighted by Crippen LogP contribution is 2.35. The predicted molar refractivity (Wildman–Crippen MR) is 137 cm³/mol. The number of carbonyl (C=O) groups is 3. The molecular weight excluding hydrogens is 456 g/mol. The van der Waals surface area contributed by atoms with Gasteiger partial charge in [0.1, 0.15) is 17.5 Å².